The van der Waals surface area contributed by atoms with Gasteiger partial charge in [0.2, 0.25) is 0 Å². The van der Waals surface area contributed by atoms with Crippen LogP contribution in [-0.4, -0.2) is 23.7 Å². The first-order chi connectivity index (χ1) is 13.1. The number of hydrogen-bond donors (Lipinski definition) is 0. The zero-order valence-corrected chi connectivity index (χ0v) is 16.2. The van der Waals surface area contributed by atoms with E-state index in [2.05, 4.69) is 85.5 Å². The van der Waals surface area contributed by atoms with E-state index in [-0.39, 0.29) is 5.41 Å². The summed E-state index contributed by atoms with van der Waals surface area (Å²) in [4.78, 5) is 7.58. The fourth-order valence-electron chi connectivity index (χ4n) is 4.70. The molecule has 1 fully saturated rings. The molecule has 0 unspecified atom stereocenters. The molecule has 2 heteroatoms. The molecule has 2 aromatic rings. The Morgan fingerprint density at radius 2 is 1.59 bits per heavy atom. The van der Waals surface area contributed by atoms with Gasteiger partial charge in [0.15, 0.2) is 0 Å². The van der Waals surface area contributed by atoms with Crippen molar-refractivity contribution in [2.24, 2.45) is 10.4 Å². The molecule has 1 aliphatic carbocycles. The Morgan fingerprint density at radius 1 is 0.889 bits per heavy atom. The van der Waals surface area contributed by atoms with Gasteiger partial charge < -0.3 is 4.90 Å². The molecule has 0 saturated carbocycles. The SMILES string of the molecule is CC1(C)C=C2C(=Nc3ccccc32)C(N2CCC(c3ccccc3)CC2)=C1. The van der Waals surface area contributed by atoms with Crippen molar-refractivity contribution in [1.82, 2.24) is 4.90 Å². The molecule has 2 heterocycles. The normalized spacial score (nSPS) is 21.1. The smallest absolute Gasteiger partial charge is 0.0943 e. The monoisotopic (exact) mass is 354 g/mol. The molecular formula is C25H26N2. The van der Waals surface area contributed by atoms with Crippen molar-refractivity contribution in [2.75, 3.05) is 13.1 Å². The van der Waals surface area contributed by atoms with E-state index in [1.807, 2.05) is 0 Å². The summed E-state index contributed by atoms with van der Waals surface area (Å²) in [7, 11) is 0. The molecule has 0 bridgehead atoms. The summed E-state index contributed by atoms with van der Waals surface area (Å²) < 4.78 is 0. The third-order valence-corrected chi connectivity index (χ3v) is 6.06. The Balaban J connectivity index is 1.42. The Bertz CT molecular complexity index is 955. The average molecular weight is 354 g/mol. The summed E-state index contributed by atoms with van der Waals surface area (Å²) in [5, 5.41) is 0. The van der Waals surface area contributed by atoms with Crippen LogP contribution in [0.1, 0.15) is 43.7 Å². The van der Waals surface area contributed by atoms with Gasteiger partial charge in [-0.1, -0.05) is 68.5 Å². The minimum atomic E-state index is 0.0530. The second-order valence-electron chi connectivity index (χ2n) is 8.56. The highest BCUT2D eigenvalue weighted by molar-refractivity contribution is 6.36. The van der Waals surface area contributed by atoms with Gasteiger partial charge in [0, 0.05) is 29.6 Å². The second kappa shape index (κ2) is 6.23. The highest BCUT2D eigenvalue weighted by Crippen LogP contribution is 2.44. The van der Waals surface area contributed by atoms with Crippen LogP contribution < -0.4 is 0 Å². The van der Waals surface area contributed by atoms with E-state index in [1.54, 1.807) is 0 Å². The zero-order valence-electron chi connectivity index (χ0n) is 16.2. The van der Waals surface area contributed by atoms with Crippen molar-refractivity contribution in [2.45, 2.75) is 32.6 Å². The summed E-state index contributed by atoms with van der Waals surface area (Å²) in [5.41, 5.74) is 7.76. The number of rotatable bonds is 2. The van der Waals surface area contributed by atoms with Crippen LogP contribution >= 0.6 is 0 Å². The molecule has 0 radical (unpaired) electrons. The predicted octanol–water partition coefficient (Wildman–Crippen LogP) is 5.96. The lowest BCUT2D eigenvalue weighted by atomic mass is 9.80. The molecular weight excluding hydrogens is 328 g/mol. The molecule has 2 aliphatic heterocycles. The number of para-hydroxylation sites is 1. The Labute approximate surface area is 161 Å². The lowest BCUT2D eigenvalue weighted by Crippen LogP contribution is -2.37. The Kier molecular flexibility index (Phi) is 3.82. The van der Waals surface area contributed by atoms with Gasteiger partial charge in [0.1, 0.15) is 0 Å². The molecule has 0 N–H and O–H groups in total. The van der Waals surface area contributed by atoms with Gasteiger partial charge in [0.05, 0.1) is 17.1 Å². The molecule has 0 spiro atoms. The van der Waals surface area contributed by atoms with Crippen molar-refractivity contribution < 1.29 is 0 Å². The van der Waals surface area contributed by atoms with Crippen LogP contribution in [0.15, 0.2) is 77.4 Å². The van der Waals surface area contributed by atoms with Gasteiger partial charge in [-0.3, -0.25) is 0 Å². The maximum absolute atomic E-state index is 5.01. The first-order valence-electron chi connectivity index (χ1n) is 10.1. The molecule has 2 aromatic carbocycles. The van der Waals surface area contributed by atoms with E-state index in [0.29, 0.717) is 5.92 Å². The van der Waals surface area contributed by atoms with Crippen LogP contribution in [0.3, 0.4) is 0 Å². The number of aliphatic imine (C=N–C) groups is 1. The first kappa shape index (κ1) is 16.6. The first-order valence-corrected chi connectivity index (χ1v) is 10.1. The van der Waals surface area contributed by atoms with Crippen LogP contribution in [-0.2, 0) is 0 Å². The van der Waals surface area contributed by atoms with Crippen molar-refractivity contribution in [3.05, 3.63) is 83.6 Å². The fraction of sp³-hybridized carbons (Fsp3) is 0.320. The number of nitrogens with zero attached hydrogens (tertiary/aromatic N) is 2. The number of allylic oxidation sites excluding steroid dienone is 3. The van der Waals surface area contributed by atoms with Crippen LogP contribution in [0.4, 0.5) is 5.69 Å². The largest absolute Gasteiger partial charge is 0.370 e. The summed E-state index contributed by atoms with van der Waals surface area (Å²) in [6.07, 6.45) is 7.23. The van der Waals surface area contributed by atoms with Crippen molar-refractivity contribution in [3.63, 3.8) is 0 Å². The summed E-state index contributed by atoms with van der Waals surface area (Å²) in [6, 6.07) is 19.5. The number of piperidine rings is 1. The van der Waals surface area contributed by atoms with Gasteiger partial charge >= 0.3 is 0 Å². The fourth-order valence-corrected chi connectivity index (χ4v) is 4.70. The molecule has 136 valence electrons. The molecule has 5 rings (SSSR count). The van der Waals surface area contributed by atoms with Crippen LogP contribution in [0, 0.1) is 5.41 Å². The summed E-state index contributed by atoms with van der Waals surface area (Å²) >= 11 is 0. The average Bonchev–Trinajstić information content (AvgIpc) is 3.06. The number of likely N-dealkylation sites (tertiary alicyclic amines) is 1. The zero-order chi connectivity index (χ0) is 18.4. The Hall–Kier alpha value is -2.61. The topological polar surface area (TPSA) is 15.6 Å². The van der Waals surface area contributed by atoms with Gasteiger partial charge in [0.25, 0.3) is 0 Å². The molecule has 27 heavy (non-hydrogen) atoms. The quantitative estimate of drug-likeness (QED) is 0.650. The maximum atomic E-state index is 5.01. The summed E-state index contributed by atoms with van der Waals surface area (Å²) in [6.45, 7) is 6.80. The van der Waals surface area contributed by atoms with Crippen LogP contribution in [0.25, 0.3) is 5.57 Å². The standard InChI is InChI=1S/C25H26N2/c1-25(2)16-21-20-10-6-7-11-22(20)26-24(21)23(17-25)27-14-12-19(13-15-27)18-8-4-3-5-9-18/h3-11,16-17,19H,12-15H2,1-2H3. The predicted molar refractivity (Wildman–Crippen MR) is 113 cm³/mol. The van der Waals surface area contributed by atoms with Crippen LogP contribution in [0.5, 0.6) is 0 Å². The van der Waals surface area contributed by atoms with Crippen LogP contribution in [0.2, 0.25) is 0 Å². The van der Waals surface area contributed by atoms with E-state index >= 15 is 0 Å². The number of fused-ring (bicyclic) bond motifs is 3. The highest BCUT2D eigenvalue weighted by atomic mass is 15.2. The molecule has 0 amide bonds. The highest BCUT2D eigenvalue weighted by Gasteiger charge is 2.34. The Morgan fingerprint density at radius 3 is 2.37 bits per heavy atom. The van der Waals surface area contributed by atoms with E-state index < -0.39 is 0 Å². The van der Waals surface area contributed by atoms with Crippen molar-refractivity contribution >= 4 is 17.0 Å². The van der Waals surface area contributed by atoms with Crippen molar-refractivity contribution in [1.29, 1.82) is 0 Å². The maximum Gasteiger partial charge on any atom is 0.0943 e. The number of hydrogen-bond acceptors (Lipinski definition) is 2. The van der Waals surface area contributed by atoms with Gasteiger partial charge in [-0.05, 0) is 36.5 Å². The number of benzene rings is 2. The van der Waals surface area contributed by atoms with Gasteiger partial charge in [-0.25, -0.2) is 4.99 Å². The molecule has 2 nitrogen and oxygen atoms in total. The summed E-state index contributed by atoms with van der Waals surface area (Å²) in [5.74, 6) is 0.678. The lowest BCUT2D eigenvalue weighted by molar-refractivity contribution is 0.271. The van der Waals surface area contributed by atoms with E-state index in [9.17, 15) is 0 Å². The molecule has 0 aromatic heterocycles. The van der Waals surface area contributed by atoms with Gasteiger partial charge in [-0.2, -0.15) is 0 Å². The molecule has 3 aliphatic rings. The minimum Gasteiger partial charge on any atom is -0.370 e. The molecule has 0 atom stereocenters. The second-order valence-corrected chi connectivity index (χ2v) is 8.56. The van der Waals surface area contributed by atoms with E-state index in [4.69, 9.17) is 4.99 Å². The third-order valence-electron chi connectivity index (χ3n) is 6.06. The van der Waals surface area contributed by atoms with E-state index in [0.717, 1.165) is 18.8 Å². The van der Waals surface area contributed by atoms with Crippen molar-refractivity contribution in [3.8, 4) is 0 Å². The molecule has 1 saturated heterocycles. The van der Waals surface area contributed by atoms with Gasteiger partial charge in [-0.15, -0.1) is 0 Å². The third kappa shape index (κ3) is 2.93. The lowest BCUT2D eigenvalue weighted by Gasteiger charge is -2.38. The minimum absolute atomic E-state index is 0.0530. The van der Waals surface area contributed by atoms with E-state index in [1.165, 1.54) is 41.0 Å².